The molecule has 0 saturated carbocycles. The van der Waals surface area contributed by atoms with Crippen molar-refractivity contribution in [2.24, 2.45) is 0 Å². The number of nitrogens with zero attached hydrogens (tertiary/aromatic N) is 3. The normalized spacial score (nSPS) is 11.7. The lowest BCUT2D eigenvalue weighted by Gasteiger charge is -2.08. The highest BCUT2D eigenvalue weighted by atomic mass is 32.1. The fourth-order valence-electron chi connectivity index (χ4n) is 3.04. The Bertz CT molecular complexity index is 830. The molecule has 0 aliphatic carbocycles. The average Bonchev–Trinajstić information content (AvgIpc) is 3.06. The fraction of sp³-hybridized carbons (Fsp3) is 0.444. The highest BCUT2D eigenvalue weighted by Crippen LogP contribution is 2.33. The Morgan fingerprint density at radius 1 is 1.22 bits per heavy atom. The molecule has 0 fully saturated rings. The van der Waals surface area contributed by atoms with Crippen LogP contribution in [0.1, 0.15) is 54.4 Å². The Balaban J connectivity index is 2.14. The average molecular weight is 329 g/mol. The van der Waals surface area contributed by atoms with E-state index in [0.29, 0.717) is 5.92 Å². The van der Waals surface area contributed by atoms with Gasteiger partial charge in [0, 0.05) is 11.5 Å². The van der Waals surface area contributed by atoms with Crippen molar-refractivity contribution in [1.82, 2.24) is 14.6 Å². The van der Waals surface area contributed by atoms with Gasteiger partial charge >= 0.3 is 0 Å². The number of aromatic nitrogens is 3. The molecule has 0 aliphatic heterocycles. The third-order valence-electron chi connectivity index (χ3n) is 4.43. The van der Waals surface area contributed by atoms with E-state index in [9.17, 15) is 5.11 Å². The standard InChI is InChI=1S/C18H23N3OS/c1-5-13(6-2)17-20-21-15(10-22)16(19-18(21)23-17)14-8-7-11(3)9-12(14)4/h7-9,13,22H,5-6,10H2,1-4H3. The number of hydrogen-bond donors (Lipinski definition) is 1. The third kappa shape index (κ3) is 2.79. The van der Waals surface area contributed by atoms with Crippen molar-refractivity contribution in [3.05, 3.63) is 40.0 Å². The number of benzene rings is 1. The van der Waals surface area contributed by atoms with Crippen LogP contribution in [0.3, 0.4) is 0 Å². The van der Waals surface area contributed by atoms with Crippen LogP contribution in [0, 0.1) is 13.8 Å². The predicted molar refractivity (Wildman–Crippen MR) is 95.0 cm³/mol. The number of aryl methyl sites for hydroxylation is 2. The molecule has 0 aliphatic rings. The highest BCUT2D eigenvalue weighted by Gasteiger charge is 2.20. The van der Waals surface area contributed by atoms with E-state index in [1.165, 1.54) is 11.1 Å². The van der Waals surface area contributed by atoms with Gasteiger partial charge in [-0.15, -0.1) is 0 Å². The zero-order chi connectivity index (χ0) is 16.6. The molecule has 4 nitrogen and oxygen atoms in total. The van der Waals surface area contributed by atoms with Crippen LogP contribution in [0.2, 0.25) is 0 Å². The molecular formula is C18H23N3OS. The maximum atomic E-state index is 9.88. The molecule has 2 aromatic heterocycles. The number of aliphatic hydroxyl groups excluding tert-OH is 1. The van der Waals surface area contributed by atoms with Crippen LogP contribution in [0.4, 0.5) is 0 Å². The van der Waals surface area contributed by atoms with E-state index < -0.39 is 0 Å². The third-order valence-corrected chi connectivity index (χ3v) is 5.50. The summed E-state index contributed by atoms with van der Waals surface area (Å²) in [7, 11) is 0. The molecule has 0 amide bonds. The van der Waals surface area contributed by atoms with Crippen molar-refractivity contribution >= 4 is 16.3 Å². The molecule has 0 atom stereocenters. The largest absolute Gasteiger partial charge is 0.390 e. The highest BCUT2D eigenvalue weighted by molar-refractivity contribution is 7.16. The molecule has 2 heterocycles. The summed E-state index contributed by atoms with van der Waals surface area (Å²) < 4.78 is 1.83. The first-order valence-corrected chi connectivity index (χ1v) is 8.97. The maximum Gasteiger partial charge on any atom is 0.213 e. The van der Waals surface area contributed by atoms with Gasteiger partial charge in [-0.05, 0) is 32.3 Å². The van der Waals surface area contributed by atoms with Crippen molar-refractivity contribution in [1.29, 1.82) is 0 Å². The Morgan fingerprint density at radius 3 is 2.57 bits per heavy atom. The molecule has 5 heteroatoms. The molecule has 0 unspecified atom stereocenters. The summed E-state index contributed by atoms with van der Waals surface area (Å²) >= 11 is 1.64. The zero-order valence-electron chi connectivity index (χ0n) is 14.1. The molecule has 0 bridgehead atoms. The summed E-state index contributed by atoms with van der Waals surface area (Å²) in [4.78, 5) is 5.64. The molecule has 23 heavy (non-hydrogen) atoms. The molecular weight excluding hydrogens is 306 g/mol. The molecule has 3 aromatic rings. The maximum absolute atomic E-state index is 9.88. The van der Waals surface area contributed by atoms with E-state index in [0.717, 1.165) is 39.8 Å². The van der Waals surface area contributed by atoms with E-state index in [1.54, 1.807) is 11.3 Å². The molecule has 0 radical (unpaired) electrons. The van der Waals surface area contributed by atoms with E-state index in [1.807, 2.05) is 4.52 Å². The smallest absolute Gasteiger partial charge is 0.213 e. The second kappa shape index (κ2) is 6.42. The number of fused-ring (bicyclic) bond motifs is 1. The van der Waals surface area contributed by atoms with Crippen molar-refractivity contribution in [3.63, 3.8) is 0 Å². The van der Waals surface area contributed by atoms with Gasteiger partial charge in [0.15, 0.2) is 0 Å². The van der Waals surface area contributed by atoms with E-state index in [2.05, 4.69) is 45.9 Å². The van der Waals surface area contributed by atoms with Crippen LogP contribution in [0.15, 0.2) is 18.2 Å². The van der Waals surface area contributed by atoms with Gasteiger partial charge in [-0.2, -0.15) is 5.10 Å². The molecule has 0 spiro atoms. The Morgan fingerprint density at radius 2 is 1.96 bits per heavy atom. The Kier molecular flexibility index (Phi) is 4.50. The fourth-order valence-corrected chi connectivity index (χ4v) is 4.23. The van der Waals surface area contributed by atoms with Gasteiger partial charge in [0.1, 0.15) is 5.01 Å². The van der Waals surface area contributed by atoms with Gasteiger partial charge in [-0.1, -0.05) is 48.9 Å². The topological polar surface area (TPSA) is 50.4 Å². The Labute approximate surface area is 140 Å². The lowest BCUT2D eigenvalue weighted by Crippen LogP contribution is -2.00. The van der Waals surface area contributed by atoms with Gasteiger partial charge in [0.2, 0.25) is 4.96 Å². The van der Waals surface area contributed by atoms with Crippen LogP contribution >= 0.6 is 11.3 Å². The second-order valence-electron chi connectivity index (χ2n) is 6.03. The second-order valence-corrected chi connectivity index (χ2v) is 7.02. The minimum absolute atomic E-state index is 0.0596. The van der Waals surface area contributed by atoms with Crippen molar-refractivity contribution in [3.8, 4) is 11.3 Å². The predicted octanol–water partition coefficient (Wildman–Crippen LogP) is 4.47. The molecule has 3 rings (SSSR count). The number of imidazole rings is 1. The lowest BCUT2D eigenvalue weighted by molar-refractivity contribution is 0.274. The summed E-state index contributed by atoms with van der Waals surface area (Å²) in [6.45, 7) is 8.48. The number of aliphatic hydroxyl groups is 1. The summed E-state index contributed by atoms with van der Waals surface area (Å²) in [5.41, 5.74) is 5.10. The number of hydrogen-bond acceptors (Lipinski definition) is 4. The monoisotopic (exact) mass is 329 g/mol. The molecule has 122 valence electrons. The molecule has 0 saturated heterocycles. The molecule has 1 N–H and O–H groups in total. The van der Waals surface area contributed by atoms with Gasteiger partial charge in [-0.25, -0.2) is 9.50 Å². The summed E-state index contributed by atoms with van der Waals surface area (Å²) in [6.07, 6.45) is 2.15. The van der Waals surface area contributed by atoms with Crippen molar-refractivity contribution in [2.75, 3.05) is 0 Å². The van der Waals surface area contributed by atoms with Crippen LogP contribution < -0.4 is 0 Å². The number of rotatable bonds is 5. The Hall–Kier alpha value is -1.72. The van der Waals surface area contributed by atoms with Gasteiger partial charge in [0.25, 0.3) is 0 Å². The minimum atomic E-state index is -0.0596. The van der Waals surface area contributed by atoms with E-state index >= 15 is 0 Å². The van der Waals surface area contributed by atoms with Crippen molar-refractivity contribution < 1.29 is 5.11 Å². The summed E-state index contributed by atoms with van der Waals surface area (Å²) in [5, 5.41) is 15.7. The quantitative estimate of drug-likeness (QED) is 0.751. The summed E-state index contributed by atoms with van der Waals surface area (Å²) in [5.74, 6) is 0.470. The first-order chi connectivity index (χ1) is 11.1. The molecule has 1 aromatic carbocycles. The van der Waals surface area contributed by atoms with E-state index in [-0.39, 0.29) is 6.61 Å². The lowest BCUT2D eigenvalue weighted by atomic mass is 10.0. The van der Waals surface area contributed by atoms with Gasteiger partial charge in [0.05, 0.1) is 18.0 Å². The summed E-state index contributed by atoms with van der Waals surface area (Å²) in [6, 6.07) is 6.31. The van der Waals surface area contributed by atoms with Crippen LogP contribution in [-0.2, 0) is 6.61 Å². The zero-order valence-corrected chi connectivity index (χ0v) is 14.9. The van der Waals surface area contributed by atoms with Crippen LogP contribution in [0.5, 0.6) is 0 Å². The van der Waals surface area contributed by atoms with Crippen LogP contribution in [0.25, 0.3) is 16.2 Å². The first-order valence-electron chi connectivity index (χ1n) is 8.15. The van der Waals surface area contributed by atoms with Crippen molar-refractivity contribution in [2.45, 2.75) is 53.1 Å². The minimum Gasteiger partial charge on any atom is -0.390 e. The first kappa shape index (κ1) is 16.1. The SMILES string of the molecule is CCC(CC)c1nn2c(CO)c(-c3ccc(C)cc3C)nc2s1. The van der Waals surface area contributed by atoms with E-state index in [4.69, 9.17) is 10.1 Å². The van der Waals surface area contributed by atoms with Crippen LogP contribution in [-0.4, -0.2) is 19.7 Å². The van der Waals surface area contributed by atoms with Gasteiger partial charge in [-0.3, -0.25) is 0 Å². The van der Waals surface area contributed by atoms with Gasteiger partial charge < -0.3 is 5.11 Å².